The van der Waals surface area contributed by atoms with Crippen LogP contribution in [-0.2, 0) is 10.8 Å². The summed E-state index contributed by atoms with van der Waals surface area (Å²) in [6, 6.07) is 10.00. The molecule has 0 N–H and O–H groups in total. The summed E-state index contributed by atoms with van der Waals surface area (Å²) in [5.41, 5.74) is 1.15. The molecule has 0 unspecified atom stereocenters. The van der Waals surface area contributed by atoms with Gasteiger partial charge in [-0.05, 0) is 5.56 Å². The van der Waals surface area contributed by atoms with E-state index in [0.717, 1.165) is 5.56 Å². The molecule has 0 aliphatic heterocycles. The Morgan fingerprint density at radius 2 is 1.85 bits per heavy atom. The van der Waals surface area contributed by atoms with Crippen LogP contribution in [0.15, 0.2) is 47.9 Å². The van der Waals surface area contributed by atoms with Crippen molar-refractivity contribution < 1.29 is 4.21 Å². The summed E-state index contributed by atoms with van der Waals surface area (Å²) in [4.78, 5) is 0. The summed E-state index contributed by atoms with van der Waals surface area (Å²) in [5, 5.41) is 1.65. The third-order valence-electron chi connectivity index (χ3n) is 1.47. The van der Waals surface area contributed by atoms with Crippen LogP contribution in [0.5, 0.6) is 0 Å². The smallest absolute Gasteiger partial charge is 0.0424 e. The zero-order valence-electron chi connectivity index (χ0n) is 7.51. The molecule has 0 bridgehead atoms. The van der Waals surface area contributed by atoms with Gasteiger partial charge in [0.1, 0.15) is 0 Å². The van der Waals surface area contributed by atoms with Crippen molar-refractivity contribution in [2.75, 3.05) is 6.26 Å². The van der Waals surface area contributed by atoms with Crippen molar-refractivity contribution >= 4 is 16.9 Å². The van der Waals surface area contributed by atoms with Gasteiger partial charge in [0.05, 0.1) is 0 Å². The molecule has 13 heavy (non-hydrogen) atoms. The van der Waals surface area contributed by atoms with Gasteiger partial charge in [-0.1, -0.05) is 48.6 Å². The molecule has 1 atom stereocenters. The molecular formula is C11H12OS. The van der Waals surface area contributed by atoms with E-state index in [1.165, 1.54) is 0 Å². The maximum Gasteiger partial charge on any atom is 0.0424 e. The van der Waals surface area contributed by atoms with E-state index in [9.17, 15) is 4.21 Å². The summed E-state index contributed by atoms with van der Waals surface area (Å²) in [5.74, 6) is 0. The van der Waals surface area contributed by atoms with Crippen molar-refractivity contribution in [3.05, 3.63) is 53.5 Å². The van der Waals surface area contributed by atoms with E-state index in [4.69, 9.17) is 0 Å². The van der Waals surface area contributed by atoms with E-state index < -0.39 is 10.8 Å². The third-order valence-corrected chi connectivity index (χ3v) is 2.01. The van der Waals surface area contributed by atoms with E-state index in [-0.39, 0.29) is 0 Å². The molecule has 0 aliphatic carbocycles. The van der Waals surface area contributed by atoms with Crippen LogP contribution in [0.3, 0.4) is 0 Å². The Balaban J connectivity index is 2.55. The fraction of sp³-hybridized carbons (Fsp3) is 0.0909. The molecule has 0 heterocycles. The topological polar surface area (TPSA) is 17.1 Å². The highest BCUT2D eigenvalue weighted by atomic mass is 32.2. The van der Waals surface area contributed by atoms with Gasteiger partial charge in [0.15, 0.2) is 0 Å². The highest BCUT2D eigenvalue weighted by Gasteiger charge is 1.80. The van der Waals surface area contributed by atoms with E-state index in [1.807, 2.05) is 42.5 Å². The first-order chi connectivity index (χ1) is 6.29. The van der Waals surface area contributed by atoms with Crippen LogP contribution in [0.1, 0.15) is 5.56 Å². The van der Waals surface area contributed by atoms with E-state index in [2.05, 4.69) is 0 Å². The Hall–Kier alpha value is -1.15. The molecule has 1 rings (SSSR count). The first-order valence-electron chi connectivity index (χ1n) is 4.01. The minimum atomic E-state index is -0.855. The van der Waals surface area contributed by atoms with Crippen LogP contribution in [0.4, 0.5) is 0 Å². The van der Waals surface area contributed by atoms with Crippen molar-refractivity contribution in [2.45, 2.75) is 0 Å². The minimum absolute atomic E-state index is 0.855. The number of hydrogen-bond acceptors (Lipinski definition) is 1. The lowest BCUT2D eigenvalue weighted by Gasteiger charge is -1.88. The first-order valence-corrected chi connectivity index (χ1v) is 5.63. The number of rotatable bonds is 3. The molecule has 0 saturated carbocycles. The number of allylic oxidation sites excluding steroid dienone is 2. The van der Waals surface area contributed by atoms with Gasteiger partial charge in [0.2, 0.25) is 0 Å². The second-order valence-corrected chi connectivity index (χ2v) is 3.87. The predicted octanol–water partition coefficient (Wildman–Crippen LogP) is 2.59. The summed E-state index contributed by atoms with van der Waals surface area (Å²) < 4.78 is 10.6. The highest BCUT2D eigenvalue weighted by Crippen LogP contribution is 2.00. The molecule has 0 aromatic heterocycles. The lowest BCUT2D eigenvalue weighted by molar-refractivity contribution is 0.691. The normalized spacial score (nSPS) is 13.9. The average Bonchev–Trinajstić information content (AvgIpc) is 2.14. The van der Waals surface area contributed by atoms with E-state index in [1.54, 1.807) is 17.7 Å². The second kappa shape index (κ2) is 5.49. The first kappa shape index (κ1) is 9.93. The van der Waals surface area contributed by atoms with Gasteiger partial charge in [-0.3, -0.25) is 4.21 Å². The molecule has 0 fully saturated rings. The molecule has 0 aliphatic rings. The number of benzene rings is 1. The molecule has 0 spiro atoms. The molecule has 0 amide bonds. The molecular weight excluding hydrogens is 180 g/mol. The molecule has 0 saturated heterocycles. The average molecular weight is 192 g/mol. The molecule has 2 heteroatoms. The van der Waals surface area contributed by atoms with Gasteiger partial charge in [-0.25, -0.2) is 0 Å². The highest BCUT2D eigenvalue weighted by molar-refractivity contribution is 7.87. The zero-order chi connectivity index (χ0) is 9.52. The maximum absolute atomic E-state index is 10.6. The van der Waals surface area contributed by atoms with Gasteiger partial charge < -0.3 is 0 Å². The molecule has 68 valence electrons. The predicted molar refractivity (Wildman–Crippen MR) is 58.7 cm³/mol. The standard InChI is InChI=1S/C11H12OS/c1-13(12)10-6-5-9-11-7-3-2-4-8-11/h2-10H,1H3/b9-5-,10-6+/t13-/m0/s1. The van der Waals surface area contributed by atoms with Crippen molar-refractivity contribution in [2.24, 2.45) is 0 Å². The van der Waals surface area contributed by atoms with Gasteiger partial charge in [0.25, 0.3) is 0 Å². The van der Waals surface area contributed by atoms with Crippen molar-refractivity contribution in [1.82, 2.24) is 0 Å². The van der Waals surface area contributed by atoms with E-state index >= 15 is 0 Å². The van der Waals surface area contributed by atoms with Crippen LogP contribution < -0.4 is 0 Å². The second-order valence-electron chi connectivity index (χ2n) is 2.60. The third kappa shape index (κ3) is 4.43. The molecule has 1 aromatic rings. The Labute approximate surface area is 81.3 Å². The SMILES string of the molecule is C[S@](=O)/C=C/C=C\c1ccccc1. The van der Waals surface area contributed by atoms with Crippen LogP contribution in [-0.4, -0.2) is 10.5 Å². The lowest BCUT2D eigenvalue weighted by atomic mass is 10.2. The van der Waals surface area contributed by atoms with Gasteiger partial charge >= 0.3 is 0 Å². The van der Waals surface area contributed by atoms with Crippen LogP contribution >= 0.6 is 0 Å². The monoisotopic (exact) mass is 192 g/mol. The number of hydrogen-bond donors (Lipinski definition) is 0. The largest absolute Gasteiger partial charge is 0.255 e. The van der Waals surface area contributed by atoms with Crippen LogP contribution in [0.25, 0.3) is 6.08 Å². The summed E-state index contributed by atoms with van der Waals surface area (Å²) >= 11 is 0. The maximum atomic E-state index is 10.6. The molecule has 1 nitrogen and oxygen atoms in total. The minimum Gasteiger partial charge on any atom is -0.255 e. The fourth-order valence-corrected chi connectivity index (χ4v) is 1.20. The Kier molecular flexibility index (Phi) is 4.19. The Morgan fingerprint density at radius 3 is 2.46 bits per heavy atom. The zero-order valence-corrected chi connectivity index (χ0v) is 8.33. The van der Waals surface area contributed by atoms with Gasteiger partial charge in [0, 0.05) is 22.5 Å². The fourth-order valence-electron chi connectivity index (χ4n) is 0.887. The summed E-state index contributed by atoms with van der Waals surface area (Å²) in [7, 11) is -0.855. The van der Waals surface area contributed by atoms with Gasteiger partial charge in [-0.2, -0.15) is 0 Å². The van der Waals surface area contributed by atoms with Gasteiger partial charge in [-0.15, -0.1) is 0 Å². The Morgan fingerprint density at radius 1 is 1.15 bits per heavy atom. The lowest BCUT2D eigenvalue weighted by Crippen LogP contribution is -1.72. The van der Waals surface area contributed by atoms with Crippen molar-refractivity contribution in [1.29, 1.82) is 0 Å². The quantitative estimate of drug-likeness (QED) is 0.673. The van der Waals surface area contributed by atoms with E-state index in [0.29, 0.717) is 0 Å². The van der Waals surface area contributed by atoms with Crippen molar-refractivity contribution in [3.63, 3.8) is 0 Å². The summed E-state index contributed by atoms with van der Waals surface area (Å²) in [6.45, 7) is 0. The van der Waals surface area contributed by atoms with Crippen molar-refractivity contribution in [3.8, 4) is 0 Å². The Bertz CT molecular complexity index is 325. The van der Waals surface area contributed by atoms with Crippen LogP contribution in [0.2, 0.25) is 0 Å². The molecule has 1 aromatic carbocycles. The molecule has 0 radical (unpaired) electrons. The van der Waals surface area contributed by atoms with Crippen LogP contribution in [0, 0.1) is 0 Å². The summed E-state index contributed by atoms with van der Waals surface area (Å²) in [6.07, 6.45) is 7.30.